The molecule has 0 radical (unpaired) electrons. The lowest BCUT2D eigenvalue weighted by molar-refractivity contribution is -0.151. The second kappa shape index (κ2) is 11.9. The number of imide groups is 1. The topological polar surface area (TPSA) is 170 Å². The molecule has 1 fully saturated rings. The van der Waals surface area contributed by atoms with Crippen LogP contribution in [-0.4, -0.2) is 70.1 Å². The van der Waals surface area contributed by atoms with Gasteiger partial charge in [0.15, 0.2) is 12.0 Å². The summed E-state index contributed by atoms with van der Waals surface area (Å²) >= 11 is 0. The Bertz CT molecular complexity index is 1340. The van der Waals surface area contributed by atoms with Crippen molar-refractivity contribution in [2.24, 2.45) is 4.99 Å². The van der Waals surface area contributed by atoms with E-state index in [-0.39, 0.29) is 18.2 Å². The number of aliphatic carboxylic acids is 1. The van der Waals surface area contributed by atoms with Crippen molar-refractivity contribution in [2.45, 2.75) is 26.0 Å². The zero-order chi connectivity index (χ0) is 27.9. The second-order valence-electron chi connectivity index (χ2n) is 8.59. The summed E-state index contributed by atoms with van der Waals surface area (Å²) in [4.78, 5) is 67.0. The molecule has 5 amide bonds. The SMILES string of the molecule is C[C@@H](C(=O)O)N(C(=O)OCc1ccccc1)N1C(=O)NC(=Cc2ccc(C(=O)NC3=NCCCN3)cc2)C1=O. The molecule has 1 atom stereocenters. The Kier molecular flexibility index (Phi) is 8.19. The molecular formula is C26H26N6O7. The summed E-state index contributed by atoms with van der Waals surface area (Å²) in [5.41, 5.74) is 1.25. The van der Waals surface area contributed by atoms with E-state index < -0.39 is 30.0 Å². The number of carboxylic acids is 1. The fraction of sp³-hybridized carbons (Fsp3) is 0.231. The van der Waals surface area contributed by atoms with Crippen molar-refractivity contribution in [3.63, 3.8) is 0 Å². The molecule has 2 aliphatic rings. The lowest BCUT2D eigenvalue weighted by Gasteiger charge is -2.30. The smallest absolute Gasteiger partial charge is 0.430 e. The Balaban J connectivity index is 1.48. The zero-order valence-electron chi connectivity index (χ0n) is 20.9. The second-order valence-corrected chi connectivity index (χ2v) is 8.59. The van der Waals surface area contributed by atoms with Crippen LogP contribution in [0.25, 0.3) is 6.08 Å². The lowest BCUT2D eigenvalue weighted by atomic mass is 10.1. The summed E-state index contributed by atoms with van der Waals surface area (Å²) in [5.74, 6) is -2.37. The van der Waals surface area contributed by atoms with Gasteiger partial charge in [-0.15, -0.1) is 0 Å². The van der Waals surface area contributed by atoms with Gasteiger partial charge in [-0.1, -0.05) is 42.5 Å². The number of hydrogen-bond donors (Lipinski definition) is 4. The van der Waals surface area contributed by atoms with Gasteiger partial charge in [0.2, 0.25) is 0 Å². The fourth-order valence-electron chi connectivity index (χ4n) is 3.72. The molecule has 13 heteroatoms. The van der Waals surface area contributed by atoms with E-state index in [0.29, 0.717) is 39.2 Å². The van der Waals surface area contributed by atoms with E-state index in [0.717, 1.165) is 19.9 Å². The van der Waals surface area contributed by atoms with E-state index in [9.17, 15) is 29.1 Å². The summed E-state index contributed by atoms with van der Waals surface area (Å²) in [7, 11) is 0. The molecule has 0 spiro atoms. The highest BCUT2D eigenvalue weighted by atomic mass is 16.6. The number of nitrogens with one attached hydrogen (secondary N) is 3. The number of rotatable bonds is 7. The van der Waals surface area contributed by atoms with Gasteiger partial charge in [0.1, 0.15) is 12.3 Å². The fourth-order valence-corrected chi connectivity index (χ4v) is 3.72. The first kappa shape index (κ1) is 26.9. The average molecular weight is 535 g/mol. The molecule has 0 unspecified atom stereocenters. The summed E-state index contributed by atoms with van der Waals surface area (Å²) in [5, 5.41) is 18.4. The van der Waals surface area contributed by atoms with Crippen molar-refractivity contribution in [3.05, 3.63) is 77.0 Å². The van der Waals surface area contributed by atoms with Crippen LogP contribution in [0.3, 0.4) is 0 Å². The first-order chi connectivity index (χ1) is 18.7. The first-order valence-electron chi connectivity index (χ1n) is 12.0. The summed E-state index contributed by atoms with van der Waals surface area (Å²) < 4.78 is 5.19. The van der Waals surface area contributed by atoms with Crippen LogP contribution in [0.4, 0.5) is 9.59 Å². The monoisotopic (exact) mass is 534 g/mol. The third-order valence-electron chi connectivity index (χ3n) is 5.80. The Labute approximate surface area is 223 Å². The molecule has 2 heterocycles. The Morgan fingerprint density at radius 1 is 1.15 bits per heavy atom. The predicted molar refractivity (Wildman–Crippen MR) is 138 cm³/mol. The standard InChI is InChI=1S/C26H26N6O7/c1-16(23(35)36)31(26(38)39-15-18-6-3-2-4-7-18)32-22(34)20(29-25(32)37)14-17-8-10-19(11-9-17)21(33)30-24-27-12-5-13-28-24/h2-4,6-11,14,16H,5,12-13,15H2,1H3,(H,29,37)(H,35,36)(H2,27,28,30,33)/t16-/m0/s1. The van der Waals surface area contributed by atoms with Crippen molar-refractivity contribution in [3.8, 4) is 0 Å². The molecule has 39 heavy (non-hydrogen) atoms. The van der Waals surface area contributed by atoms with Crippen LogP contribution >= 0.6 is 0 Å². The van der Waals surface area contributed by atoms with Crippen LogP contribution in [-0.2, 0) is 20.9 Å². The summed E-state index contributed by atoms with van der Waals surface area (Å²) in [6, 6.07) is 12.2. The van der Waals surface area contributed by atoms with Crippen LogP contribution in [0.15, 0.2) is 65.3 Å². The third kappa shape index (κ3) is 6.39. The maximum atomic E-state index is 13.1. The van der Waals surface area contributed by atoms with Gasteiger partial charge in [-0.25, -0.2) is 14.4 Å². The predicted octanol–water partition coefficient (Wildman–Crippen LogP) is 1.69. The maximum Gasteiger partial charge on any atom is 0.430 e. The number of carbonyl (C=O) groups excluding carboxylic acids is 4. The largest absolute Gasteiger partial charge is 0.480 e. The minimum absolute atomic E-state index is 0.196. The van der Waals surface area contributed by atoms with Crippen LogP contribution in [0.1, 0.15) is 34.8 Å². The van der Waals surface area contributed by atoms with Gasteiger partial charge in [-0.05, 0) is 42.7 Å². The number of ether oxygens (including phenoxy) is 1. The Morgan fingerprint density at radius 2 is 1.87 bits per heavy atom. The highest BCUT2D eigenvalue weighted by Crippen LogP contribution is 2.20. The number of nitrogens with zero attached hydrogens (tertiary/aromatic N) is 3. The highest BCUT2D eigenvalue weighted by Gasteiger charge is 2.45. The molecule has 1 saturated heterocycles. The van der Waals surface area contributed by atoms with E-state index >= 15 is 0 Å². The van der Waals surface area contributed by atoms with Crippen molar-refractivity contribution in [1.29, 1.82) is 0 Å². The number of carbonyl (C=O) groups is 5. The van der Waals surface area contributed by atoms with Crippen LogP contribution in [0.2, 0.25) is 0 Å². The highest BCUT2D eigenvalue weighted by molar-refractivity contribution is 6.14. The lowest BCUT2D eigenvalue weighted by Crippen LogP contribution is -2.56. The van der Waals surface area contributed by atoms with E-state index in [1.54, 1.807) is 42.5 Å². The number of guanidine groups is 1. The molecule has 2 aromatic carbocycles. The number of urea groups is 1. The molecule has 0 saturated carbocycles. The van der Waals surface area contributed by atoms with Crippen molar-refractivity contribution in [2.75, 3.05) is 13.1 Å². The van der Waals surface area contributed by atoms with Crippen molar-refractivity contribution < 1.29 is 33.8 Å². The van der Waals surface area contributed by atoms with Crippen LogP contribution in [0, 0.1) is 0 Å². The normalized spacial score (nSPS) is 16.6. The number of benzene rings is 2. The minimum atomic E-state index is -1.59. The van der Waals surface area contributed by atoms with E-state index in [4.69, 9.17) is 4.74 Å². The number of aliphatic imine (C=N–C) groups is 1. The quantitative estimate of drug-likeness (QED) is 0.307. The van der Waals surface area contributed by atoms with Crippen LogP contribution in [0.5, 0.6) is 0 Å². The molecule has 4 rings (SSSR count). The van der Waals surface area contributed by atoms with Gasteiger partial charge in [-0.3, -0.25) is 19.9 Å². The summed E-state index contributed by atoms with van der Waals surface area (Å²) in [6.07, 6.45) is 1.04. The molecule has 0 bridgehead atoms. The molecule has 2 aliphatic heterocycles. The van der Waals surface area contributed by atoms with E-state index in [1.807, 2.05) is 0 Å². The molecule has 4 N–H and O–H groups in total. The number of carboxylic acid groups (broad SMARTS) is 1. The van der Waals surface area contributed by atoms with Gasteiger partial charge in [0.25, 0.3) is 11.8 Å². The van der Waals surface area contributed by atoms with Gasteiger partial charge < -0.3 is 20.5 Å². The maximum absolute atomic E-state index is 13.1. The molecular weight excluding hydrogens is 508 g/mol. The minimum Gasteiger partial charge on any atom is -0.480 e. The van der Waals surface area contributed by atoms with E-state index in [2.05, 4.69) is 20.9 Å². The Morgan fingerprint density at radius 3 is 2.51 bits per heavy atom. The number of hydrogen-bond acceptors (Lipinski definition) is 8. The van der Waals surface area contributed by atoms with Crippen molar-refractivity contribution in [1.82, 2.24) is 26.0 Å². The zero-order valence-corrected chi connectivity index (χ0v) is 20.9. The summed E-state index contributed by atoms with van der Waals surface area (Å²) in [6.45, 7) is 2.29. The average Bonchev–Trinajstić information content (AvgIpc) is 3.21. The third-order valence-corrected chi connectivity index (χ3v) is 5.80. The molecule has 13 nitrogen and oxygen atoms in total. The first-order valence-corrected chi connectivity index (χ1v) is 12.0. The Hall–Kier alpha value is -5.20. The molecule has 202 valence electrons. The van der Waals surface area contributed by atoms with Gasteiger partial charge in [0.05, 0.1) is 0 Å². The van der Waals surface area contributed by atoms with E-state index in [1.165, 1.54) is 18.2 Å². The van der Waals surface area contributed by atoms with Gasteiger partial charge >= 0.3 is 18.1 Å². The van der Waals surface area contributed by atoms with Crippen molar-refractivity contribution >= 4 is 41.9 Å². The van der Waals surface area contributed by atoms with Crippen LogP contribution < -0.4 is 16.0 Å². The molecule has 2 aromatic rings. The number of hydrazine groups is 1. The van der Waals surface area contributed by atoms with Gasteiger partial charge in [0, 0.05) is 18.7 Å². The molecule has 0 aromatic heterocycles. The van der Waals surface area contributed by atoms with Gasteiger partial charge in [-0.2, -0.15) is 10.0 Å². The molecule has 0 aliphatic carbocycles. The number of amides is 5.